The molecule has 1 N–H and O–H groups in total. The Bertz CT molecular complexity index is 758. The molecule has 1 atom stereocenters. The molecule has 1 unspecified atom stereocenters. The van der Waals surface area contributed by atoms with Crippen LogP contribution in [0.1, 0.15) is 17.4 Å². The summed E-state index contributed by atoms with van der Waals surface area (Å²) >= 11 is 5.77. The Balaban J connectivity index is 1.60. The van der Waals surface area contributed by atoms with Crippen molar-refractivity contribution in [1.82, 2.24) is 15.2 Å². The first-order valence-corrected chi connectivity index (χ1v) is 8.10. The summed E-state index contributed by atoms with van der Waals surface area (Å²) in [5.41, 5.74) is 0.908. The number of urea groups is 1. The van der Waals surface area contributed by atoms with Crippen molar-refractivity contribution in [1.29, 1.82) is 0 Å². The lowest BCUT2D eigenvalue weighted by molar-refractivity contribution is -0.0172. The lowest BCUT2D eigenvalue weighted by atomic mass is 10.1. The highest BCUT2D eigenvalue weighted by atomic mass is 35.5. The second kappa shape index (κ2) is 7.76. The average molecular weight is 368 g/mol. The van der Waals surface area contributed by atoms with Gasteiger partial charge in [0.15, 0.2) is 0 Å². The van der Waals surface area contributed by atoms with Gasteiger partial charge in [-0.2, -0.15) is 0 Å². The third-order valence-corrected chi connectivity index (χ3v) is 4.10. The second-order valence-corrected chi connectivity index (χ2v) is 6.03. The van der Waals surface area contributed by atoms with Gasteiger partial charge in [0, 0.05) is 24.4 Å². The third-order valence-electron chi connectivity index (χ3n) is 3.87. The zero-order chi connectivity index (χ0) is 17.8. The Morgan fingerprint density at radius 2 is 2.20 bits per heavy atom. The van der Waals surface area contributed by atoms with Gasteiger partial charge in [-0.25, -0.2) is 13.6 Å². The van der Waals surface area contributed by atoms with Gasteiger partial charge >= 0.3 is 6.03 Å². The molecule has 0 bridgehead atoms. The first kappa shape index (κ1) is 17.6. The van der Waals surface area contributed by atoms with E-state index in [9.17, 15) is 13.6 Å². The number of rotatable bonds is 3. The van der Waals surface area contributed by atoms with Crippen LogP contribution in [0.15, 0.2) is 36.5 Å². The van der Waals surface area contributed by atoms with Gasteiger partial charge in [0.1, 0.15) is 17.7 Å². The fourth-order valence-corrected chi connectivity index (χ4v) is 2.69. The van der Waals surface area contributed by atoms with Crippen LogP contribution in [0, 0.1) is 11.6 Å². The number of hydrogen-bond acceptors (Lipinski definition) is 3. The summed E-state index contributed by atoms with van der Waals surface area (Å²) in [4.78, 5) is 17.9. The lowest BCUT2D eigenvalue weighted by Crippen LogP contribution is -2.47. The van der Waals surface area contributed by atoms with E-state index in [1.165, 1.54) is 23.2 Å². The number of pyridine rings is 1. The summed E-state index contributed by atoms with van der Waals surface area (Å²) in [6, 6.07) is 6.44. The Labute approximate surface area is 148 Å². The molecule has 1 fully saturated rings. The van der Waals surface area contributed by atoms with Crippen molar-refractivity contribution >= 4 is 17.6 Å². The number of nitrogens with one attached hydrogen (secondary N) is 1. The summed E-state index contributed by atoms with van der Waals surface area (Å²) in [6.45, 7) is 1.10. The van der Waals surface area contributed by atoms with E-state index in [0.717, 1.165) is 6.07 Å². The highest BCUT2D eigenvalue weighted by molar-refractivity contribution is 6.30. The van der Waals surface area contributed by atoms with Crippen LogP contribution in [0.25, 0.3) is 0 Å². The molecular weight excluding hydrogens is 352 g/mol. The number of halogens is 3. The predicted molar refractivity (Wildman–Crippen MR) is 88.1 cm³/mol. The molecule has 0 radical (unpaired) electrons. The van der Waals surface area contributed by atoms with E-state index in [-0.39, 0.29) is 31.3 Å². The number of hydrogen-bond donors (Lipinski definition) is 1. The van der Waals surface area contributed by atoms with Gasteiger partial charge in [-0.3, -0.25) is 4.98 Å². The summed E-state index contributed by atoms with van der Waals surface area (Å²) < 4.78 is 32.5. The number of amides is 2. The molecule has 1 aliphatic heterocycles. The largest absolute Gasteiger partial charge is 0.370 e. The number of nitrogens with zero attached hydrogens (tertiary/aromatic N) is 2. The molecule has 0 spiro atoms. The van der Waals surface area contributed by atoms with E-state index in [2.05, 4.69) is 10.3 Å². The first-order chi connectivity index (χ1) is 12.0. The number of carbonyl (C=O) groups is 1. The molecule has 3 rings (SSSR count). The van der Waals surface area contributed by atoms with Gasteiger partial charge in [-0.1, -0.05) is 17.7 Å². The third kappa shape index (κ3) is 4.43. The Hall–Kier alpha value is -2.25. The number of ether oxygens (including phenoxy) is 1. The van der Waals surface area contributed by atoms with E-state index in [0.29, 0.717) is 17.3 Å². The number of aromatic nitrogens is 1. The summed E-state index contributed by atoms with van der Waals surface area (Å²) in [5.74, 6) is -1.33. The van der Waals surface area contributed by atoms with Crippen molar-refractivity contribution in [2.75, 3.05) is 19.7 Å². The molecule has 1 aromatic carbocycles. The van der Waals surface area contributed by atoms with Crippen LogP contribution in [0.4, 0.5) is 13.6 Å². The Morgan fingerprint density at radius 1 is 1.36 bits per heavy atom. The zero-order valence-corrected chi connectivity index (χ0v) is 14.0. The van der Waals surface area contributed by atoms with E-state index in [1.807, 2.05) is 0 Å². The van der Waals surface area contributed by atoms with E-state index >= 15 is 0 Å². The summed E-state index contributed by atoms with van der Waals surface area (Å²) in [5, 5.41) is 3.28. The molecule has 8 heteroatoms. The molecule has 2 heterocycles. The van der Waals surface area contributed by atoms with E-state index < -0.39 is 17.7 Å². The standard InChI is InChI=1S/C17H16ClF2N3O2/c18-11-1-3-13(21-8-11)9-22-17(24)23-5-6-25-16(10-23)14-4-2-12(19)7-15(14)20/h1-4,7-8,16H,5-6,9-10H2,(H,22,24). The summed E-state index contributed by atoms with van der Waals surface area (Å²) in [7, 11) is 0. The van der Waals surface area contributed by atoms with Gasteiger partial charge in [-0.05, 0) is 18.2 Å². The maximum absolute atomic E-state index is 13.9. The maximum atomic E-state index is 13.9. The minimum atomic E-state index is -0.683. The average Bonchev–Trinajstić information content (AvgIpc) is 2.61. The first-order valence-electron chi connectivity index (χ1n) is 7.72. The van der Waals surface area contributed by atoms with Gasteiger partial charge in [-0.15, -0.1) is 0 Å². The van der Waals surface area contributed by atoms with Crippen LogP contribution in [-0.2, 0) is 11.3 Å². The quantitative estimate of drug-likeness (QED) is 0.905. The van der Waals surface area contributed by atoms with Crippen molar-refractivity contribution in [2.45, 2.75) is 12.6 Å². The van der Waals surface area contributed by atoms with Crippen molar-refractivity contribution in [3.63, 3.8) is 0 Å². The molecule has 132 valence electrons. The number of morpholine rings is 1. The van der Waals surface area contributed by atoms with Crippen molar-refractivity contribution in [2.24, 2.45) is 0 Å². The number of benzene rings is 1. The van der Waals surface area contributed by atoms with Crippen LogP contribution >= 0.6 is 11.6 Å². The minimum absolute atomic E-state index is 0.183. The van der Waals surface area contributed by atoms with Crippen LogP contribution in [0.3, 0.4) is 0 Å². The molecule has 0 aliphatic carbocycles. The molecule has 25 heavy (non-hydrogen) atoms. The Morgan fingerprint density at radius 3 is 2.92 bits per heavy atom. The predicted octanol–water partition coefficient (Wildman–Crippen LogP) is 3.30. The normalized spacial score (nSPS) is 17.4. The molecule has 1 aliphatic rings. The Kier molecular flexibility index (Phi) is 5.45. The zero-order valence-electron chi connectivity index (χ0n) is 13.2. The molecule has 1 saturated heterocycles. The monoisotopic (exact) mass is 367 g/mol. The van der Waals surface area contributed by atoms with Crippen LogP contribution < -0.4 is 5.32 Å². The second-order valence-electron chi connectivity index (χ2n) is 5.60. The van der Waals surface area contributed by atoms with Gasteiger partial charge < -0.3 is 15.0 Å². The lowest BCUT2D eigenvalue weighted by Gasteiger charge is -2.33. The molecule has 1 aromatic heterocycles. The molecule has 5 nitrogen and oxygen atoms in total. The minimum Gasteiger partial charge on any atom is -0.370 e. The molecule has 2 aromatic rings. The van der Waals surface area contributed by atoms with Crippen molar-refractivity contribution < 1.29 is 18.3 Å². The molecule has 2 amide bonds. The van der Waals surface area contributed by atoms with Crippen LogP contribution in [-0.4, -0.2) is 35.6 Å². The van der Waals surface area contributed by atoms with Crippen molar-refractivity contribution in [3.05, 3.63) is 64.4 Å². The molecule has 0 saturated carbocycles. The van der Waals surface area contributed by atoms with Crippen LogP contribution in [0.5, 0.6) is 0 Å². The van der Waals surface area contributed by atoms with E-state index in [1.54, 1.807) is 12.1 Å². The van der Waals surface area contributed by atoms with Gasteiger partial charge in [0.2, 0.25) is 0 Å². The smallest absolute Gasteiger partial charge is 0.317 e. The SMILES string of the molecule is O=C(NCc1ccc(Cl)cn1)N1CCOC(c2ccc(F)cc2F)C1. The van der Waals surface area contributed by atoms with Crippen molar-refractivity contribution in [3.8, 4) is 0 Å². The van der Waals surface area contributed by atoms with Crippen LogP contribution in [0.2, 0.25) is 5.02 Å². The highest BCUT2D eigenvalue weighted by Gasteiger charge is 2.27. The van der Waals surface area contributed by atoms with Gasteiger partial charge in [0.25, 0.3) is 0 Å². The van der Waals surface area contributed by atoms with E-state index in [4.69, 9.17) is 16.3 Å². The number of carbonyl (C=O) groups excluding carboxylic acids is 1. The van der Waals surface area contributed by atoms with Gasteiger partial charge in [0.05, 0.1) is 30.4 Å². The fourth-order valence-electron chi connectivity index (χ4n) is 2.57. The summed E-state index contributed by atoms with van der Waals surface area (Å²) in [6.07, 6.45) is 0.874. The topological polar surface area (TPSA) is 54.5 Å². The maximum Gasteiger partial charge on any atom is 0.317 e. The molecular formula is C17H16ClF2N3O2. The highest BCUT2D eigenvalue weighted by Crippen LogP contribution is 2.25. The fraction of sp³-hybridized carbons (Fsp3) is 0.294.